The first kappa shape index (κ1) is 18.4. The Kier molecular flexibility index (Phi) is 6.04. The molecule has 2 N–H and O–H groups in total. The van der Waals surface area contributed by atoms with Crippen LogP contribution in [-0.2, 0) is 6.54 Å². The van der Waals surface area contributed by atoms with Crippen molar-refractivity contribution in [2.45, 2.75) is 26.4 Å². The summed E-state index contributed by atoms with van der Waals surface area (Å²) in [5.41, 5.74) is 2.88. The van der Waals surface area contributed by atoms with E-state index in [1.165, 1.54) is 0 Å². The average molecular weight is 365 g/mol. The van der Waals surface area contributed by atoms with Gasteiger partial charge >= 0.3 is 6.03 Å². The highest BCUT2D eigenvalue weighted by Gasteiger charge is 2.11. The van der Waals surface area contributed by atoms with Crippen molar-refractivity contribution in [3.05, 3.63) is 72.4 Å². The second kappa shape index (κ2) is 8.84. The summed E-state index contributed by atoms with van der Waals surface area (Å²) in [6.45, 7) is 4.73. The number of rotatable bonds is 7. The molecule has 2 heterocycles. The van der Waals surface area contributed by atoms with Crippen molar-refractivity contribution >= 4 is 6.03 Å². The normalized spacial score (nSPS) is 11.6. The number of carbonyl (C=O) groups excluding carboxylic acids is 1. The van der Waals surface area contributed by atoms with Crippen LogP contribution in [0.1, 0.15) is 31.0 Å². The molecule has 0 fully saturated rings. The van der Waals surface area contributed by atoms with Gasteiger partial charge in [0.25, 0.3) is 0 Å². The Morgan fingerprint density at radius 3 is 2.74 bits per heavy atom. The maximum Gasteiger partial charge on any atom is 0.315 e. The van der Waals surface area contributed by atoms with Gasteiger partial charge in [-0.2, -0.15) is 0 Å². The second-order valence-corrected chi connectivity index (χ2v) is 6.01. The fraction of sp³-hybridized carbons (Fsp3) is 0.250. The van der Waals surface area contributed by atoms with Gasteiger partial charge in [-0.15, -0.1) is 0 Å². The van der Waals surface area contributed by atoms with E-state index in [-0.39, 0.29) is 12.1 Å². The first-order chi connectivity index (χ1) is 13.2. The van der Waals surface area contributed by atoms with Crippen LogP contribution < -0.4 is 15.4 Å². The van der Waals surface area contributed by atoms with Crippen molar-refractivity contribution in [2.24, 2.45) is 0 Å². The monoisotopic (exact) mass is 365 g/mol. The van der Waals surface area contributed by atoms with Crippen LogP contribution in [0.4, 0.5) is 4.79 Å². The molecule has 0 aliphatic carbocycles. The van der Waals surface area contributed by atoms with Gasteiger partial charge in [0.1, 0.15) is 0 Å². The van der Waals surface area contributed by atoms with E-state index in [4.69, 9.17) is 4.74 Å². The molecule has 27 heavy (non-hydrogen) atoms. The number of imidazole rings is 1. The minimum absolute atomic E-state index is 0.123. The van der Waals surface area contributed by atoms with Gasteiger partial charge in [0.2, 0.25) is 5.88 Å². The number of aromatic nitrogens is 3. The number of pyridine rings is 1. The van der Waals surface area contributed by atoms with E-state index in [0.717, 1.165) is 16.8 Å². The number of hydrogen-bond donors (Lipinski definition) is 2. The minimum atomic E-state index is -0.243. The summed E-state index contributed by atoms with van der Waals surface area (Å²) >= 11 is 0. The Hall–Kier alpha value is -3.35. The summed E-state index contributed by atoms with van der Waals surface area (Å²) in [5, 5.41) is 5.79. The third-order valence-electron chi connectivity index (χ3n) is 4.11. The van der Waals surface area contributed by atoms with E-state index in [1.54, 1.807) is 18.7 Å². The van der Waals surface area contributed by atoms with Crippen molar-refractivity contribution < 1.29 is 9.53 Å². The fourth-order valence-corrected chi connectivity index (χ4v) is 2.68. The molecule has 0 spiro atoms. The molecule has 3 rings (SSSR count). The van der Waals surface area contributed by atoms with E-state index in [0.29, 0.717) is 19.0 Å². The van der Waals surface area contributed by atoms with Gasteiger partial charge < -0.3 is 19.9 Å². The molecule has 2 amide bonds. The maximum absolute atomic E-state index is 12.2. The van der Waals surface area contributed by atoms with E-state index < -0.39 is 0 Å². The molecule has 140 valence electrons. The molecule has 0 aliphatic heterocycles. The first-order valence-electron chi connectivity index (χ1n) is 8.86. The summed E-state index contributed by atoms with van der Waals surface area (Å²) in [7, 11) is 0. The van der Waals surface area contributed by atoms with Crippen LogP contribution in [0, 0.1) is 0 Å². The van der Waals surface area contributed by atoms with Crippen LogP contribution in [0.25, 0.3) is 5.69 Å². The van der Waals surface area contributed by atoms with Gasteiger partial charge in [0.15, 0.2) is 0 Å². The molecule has 3 aromatic rings. The van der Waals surface area contributed by atoms with Crippen LogP contribution in [0.15, 0.2) is 61.3 Å². The van der Waals surface area contributed by atoms with Crippen molar-refractivity contribution in [3.63, 3.8) is 0 Å². The zero-order chi connectivity index (χ0) is 19.1. The lowest BCUT2D eigenvalue weighted by molar-refractivity contribution is 0.237. The Morgan fingerprint density at radius 2 is 2.04 bits per heavy atom. The number of benzene rings is 1. The molecule has 1 aromatic carbocycles. The smallest absolute Gasteiger partial charge is 0.315 e. The SMILES string of the molecule is CCOc1ncccc1CNC(=O)NC(C)c1ccc(-n2ccnc2)cc1. The topological polar surface area (TPSA) is 81.1 Å². The number of nitrogens with one attached hydrogen (secondary N) is 2. The molecular weight excluding hydrogens is 342 g/mol. The Balaban J connectivity index is 1.55. The predicted molar refractivity (Wildman–Crippen MR) is 103 cm³/mol. The number of carbonyl (C=O) groups is 1. The van der Waals surface area contributed by atoms with Crippen molar-refractivity contribution in [2.75, 3.05) is 6.61 Å². The quantitative estimate of drug-likeness (QED) is 0.674. The van der Waals surface area contributed by atoms with E-state index in [1.807, 2.05) is 61.0 Å². The van der Waals surface area contributed by atoms with Crippen LogP contribution in [0.3, 0.4) is 0 Å². The van der Waals surface area contributed by atoms with Gasteiger partial charge in [-0.1, -0.05) is 18.2 Å². The van der Waals surface area contributed by atoms with Crippen molar-refractivity contribution in [1.29, 1.82) is 0 Å². The molecule has 0 radical (unpaired) electrons. The third kappa shape index (κ3) is 4.84. The number of amides is 2. The molecule has 0 saturated carbocycles. The number of nitrogens with zero attached hydrogens (tertiary/aromatic N) is 3. The Bertz CT molecular complexity index is 862. The lowest BCUT2D eigenvalue weighted by atomic mass is 10.1. The van der Waals surface area contributed by atoms with Gasteiger partial charge in [-0.3, -0.25) is 0 Å². The highest BCUT2D eigenvalue weighted by Crippen LogP contribution is 2.16. The Labute approximate surface area is 158 Å². The molecular formula is C20H23N5O2. The Morgan fingerprint density at radius 1 is 1.22 bits per heavy atom. The lowest BCUT2D eigenvalue weighted by Gasteiger charge is -2.16. The third-order valence-corrected chi connectivity index (χ3v) is 4.11. The molecule has 7 nitrogen and oxygen atoms in total. The molecule has 0 aliphatic rings. The van der Waals surface area contributed by atoms with Gasteiger partial charge in [0.05, 0.1) is 19.0 Å². The molecule has 1 atom stereocenters. The summed E-state index contributed by atoms with van der Waals surface area (Å²) < 4.78 is 7.40. The van der Waals surface area contributed by atoms with Crippen LogP contribution in [0.2, 0.25) is 0 Å². The fourth-order valence-electron chi connectivity index (χ4n) is 2.68. The summed E-state index contributed by atoms with van der Waals surface area (Å²) in [6, 6.07) is 11.3. The average Bonchev–Trinajstić information content (AvgIpc) is 3.22. The maximum atomic E-state index is 12.2. The van der Waals surface area contributed by atoms with E-state index in [2.05, 4.69) is 20.6 Å². The second-order valence-electron chi connectivity index (χ2n) is 6.01. The molecule has 7 heteroatoms. The number of hydrogen-bond acceptors (Lipinski definition) is 4. The van der Waals surface area contributed by atoms with E-state index in [9.17, 15) is 4.79 Å². The van der Waals surface area contributed by atoms with Crippen molar-refractivity contribution in [1.82, 2.24) is 25.2 Å². The highest BCUT2D eigenvalue weighted by molar-refractivity contribution is 5.74. The molecule has 1 unspecified atom stereocenters. The zero-order valence-electron chi connectivity index (χ0n) is 15.4. The lowest BCUT2D eigenvalue weighted by Crippen LogP contribution is -2.36. The largest absolute Gasteiger partial charge is 0.478 e. The van der Waals surface area contributed by atoms with Gasteiger partial charge in [-0.05, 0) is 37.6 Å². The van der Waals surface area contributed by atoms with Crippen LogP contribution >= 0.6 is 0 Å². The van der Waals surface area contributed by atoms with Crippen molar-refractivity contribution in [3.8, 4) is 11.6 Å². The summed E-state index contributed by atoms with van der Waals surface area (Å²) in [4.78, 5) is 20.5. The minimum Gasteiger partial charge on any atom is -0.478 e. The zero-order valence-corrected chi connectivity index (χ0v) is 15.4. The number of ether oxygens (including phenoxy) is 1. The van der Waals surface area contributed by atoms with E-state index >= 15 is 0 Å². The standard InChI is InChI=1S/C20H23N5O2/c1-3-27-19-17(5-4-10-22-19)13-23-20(26)24-15(2)16-6-8-18(9-7-16)25-12-11-21-14-25/h4-12,14-15H,3,13H2,1-2H3,(H2,23,24,26). The predicted octanol–water partition coefficient (Wildman–Crippen LogP) is 3.23. The summed E-state index contributed by atoms with van der Waals surface area (Å²) in [6.07, 6.45) is 7.05. The van der Waals surface area contributed by atoms with Crippen LogP contribution in [-0.4, -0.2) is 27.2 Å². The van der Waals surface area contributed by atoms with Gasteiger partial charge in [0, 0.05) is 36.4 Å². The number of urea groups is 1. The molecule has 0 saturated heterocycles. The van der Waals surface area contributed by atoms with Crippen LogP contribution in [0.5, 0.6) is 5.88 Å². The van der Waals surface area contributed by atoms with Gasteiger partial charge in [-0.25, -0.2) is 14.8 Å². The molecule has 0 bridgehead atoms. The first-order valence-corrected chi connectivity index (χ1v) is 8.86. The summed E-state index contributed by atoms with van der Waals surface area (Å²) in [5.74, 6) is 0.545. The molecule has 2 aromatic heterocycles. The highest BCUT2D eigenvalue weighted by atomic mass is 16.5.